The minimum absolute atomic E-state index is 0.0590. The first-order chi connectivity index (χ1) is 36.9. The summed E-state index contributed by atoms with van der Waals surface area (Å²) in [7, 11) is 0. The predicted molar refractivity (Wildman–Crippen MR) is 267 cm³/mol. The van der Waals surface area contributed by atoms with Crippen LogP contribution in [0, 0.1) is 0 Å². The van der Waals surface area contributed by atoms with Crippen molar-refractivity contribution in [2.24, 2.45) is 0 Å². The molecule has 0 saturated heterocycles. The van der Waals surface area contributed by atoms with Crippen molar-refractivity contribution in [3.05, 3.63) is 167 Å². The Balaban J connectivity index is 1.44. The smallest absolute Gasteiger partial charge is 0.149 e. The summed E-state index contributed by atoms with van der Waals surface area (Å²) in [5.74, 6) is -0.554. The topological polar surface area (TPSA) is 50.9 Å². The van der Waals surface area contributed by atoms with Gasteiger partial charge in [0.1, 0.15) is 11.6 Å². The van der Waals surface area contributed by atoms with E-state index in [1.807, 2.05) is 138 Å². The van der Waals surface area contributed by atoms with Crippen LogP contribution in [0.3, 0.4) is 0 Å². The third-order valence-electron chi connectivity index (χ3n) is 11.5. The highest BCUT2D eigenvalue weighted by molar-refractivity contribution is 5.97. The molecule has 0 fully saturated rings. The van der Waals surface area contributed by atoms with Gasteiger partial charge in [-0.25, -0.2) is 4.98 Å². The summed E-state index contributed by atoms with van der Waals surface area (Å²) >= 11 is 0. The molecule has 320 valence electrons. The number of aromatic nitrogens is 3. The number of rotatable bonds is 9. The van der Waals surface area contributed by atoms with Crippen LogP contribution >= 0.6 is 0 Å². The number of imidazole rings is 1. The summed E-state index contributed by atoms with van der Waals surface area (Å²) in [6, 6.07) is 24.6. The molecule has 0 atom stereocenters. The van der Waals surface area contributed by atoms with Crippen LogP contribution in [0.4, 0.5) is 0 Å². The van der Waals surface area contributed by atoms with Crippen LogP contribution in [0.1, 0.15) is 152 Å². The first-order valence-corrected chi connectivity index (χ1v) is 21.2. The maximum Gasteiger partial charge on any atom is 0.149 e. The Bertz CT molecular complexity index is 3680. The second kappa shape index (κ2) is 16.8. The lowest BCUT2D eigenvalue weighted by molar-refractivity contribution is 0.466. The number of pyridine rings is 1. The minimum Gasteiger partial charge on any atom is -0.507 e. The van der Waals surface area contributed by atoms with Crippen molar-refractivity contribution in [3.8, 4) is 67.5 Å². The van der Waals surface area contributed by atoms with Crippen LogP contribution in [0.5, 0.6) is 5.75 Å². The van der Waals surface area contributed by atoms with Crippen LogP contribution in [0.2, 0.25) is 0 Å². The number of benzene rings is 6. The fraction of sp³-hybridized carbons (Fsp3) is 0.288. The van der Waals surface area contributed by atoms with Gasteiger partial charge in [0.2, 0.25) is 0 Å². The normalized spacial score (nSPS) is 17.0. The highest BCUT2D eigenvalue weighted by atomic mass is 16.3. The Labute approximate surface area is 399 Å². The number of phenolic OH excluding ortho intramolecular Hbond substituents is 1. The molecule has 6 aromatic carbocycles. The molecule has 4 nitrogen and oxygen atoms in total. The zero-order valence-corrected chi connectivity index (χ0v) is 37.2. The van der Waals surface area contributed by atoms with E-state index in [1.165, 1.54) is 0 Å². The van der Waals surface area contributed by atoms with Gasteiger partial charge in [-0.1, -0.05) is 168 Å². The van der Waals surface area contributed by atoms with Gasteiger partial charge in [-0.2, -0.15) is 0 Å². The Morgan fingerprint density at radius 1 is 0.619 bits per heavy atom. The molecule has 4 heteroatoms. The molecule has 0 aliphatic heterocycles. The van der Waals surface area contributed by atoms with E-state index in [2.05, 4.69) is 18.8 Å². The number of nitrogens with zero attached hydrogens (tertiary/aromatic N) is 3. The molecule has 0 bridgehead atoms. The fourth-order valence-electron chi connectivity index (χ4n) is 7.91. The van der Waals surface area contributed by atoms with Crippen LogP contribution in [-0.2, 0) is 10.8 Å². The molecule has 0 spiro atoms. The average molecular weight is 847 g/mol. The zero-order chi connectivity index (χ0) is 59.5. The van der Waals surface area contributed by atoms with E-state index in [0.717, 1.165) is 33.4 Å². The SMILES string of the molecule is [2H]c1nc(-c2cc(-c3cccc4c3nc(-c3cc(C(C)C)cc(C(C)C)c3O)n4-c3ccc(-c4ccccc4)c(C([2H])(C)C)c3)cc(C(C)(C)C)c2)c([2H])c(-c2c([2H])c([2H])c(C(C([2H])([2H])[2H])(C([2H])([2H])[2H])C([2H])([2H])[2H])c([2H])c2[2H])c1[2H]. The van der Waals surface area contributed by atoms with Crippen molar-refractivity contribution in [3.63, 3.8) is 0 Å². The van der Waals surface area contributed by atoms with Crippen LogP contribution < -0.4 is 0 Å². The van der Waals surface area contributed by atoms with Gasteiger partial charge in [0.25, 0.3) is 0 Å². The summed E-state index contributed by atoms with van der Waals surface area (Å²) in [5.41, 5.74) is 1.25. The lowest BCUT2D eigenvalue weighted by Crippen LogP contribution is -2.11. The molecular formula is C59H63N3O. The largest absolute Gasteiger partial charge is 0.507 e. The van der Waals surface area contributed by atoms with Gasteiger partial charge < -0.3 is 5.11 Å². The summed E-state index contributed by atoms with van der Waals surface area (Å²) in [4.78, 5) is 9.84. The molecule has 2 heterocycles. The Morgan fingerprint density at radius 3 is 2.02 bits per heavy atom. The molecule has 63 heavy (non-hydrogen) atoms. The quantitative estimate of drug-likeness (QED) is 0.157. The van der Waals surface area contributed by atoms with Gasteiger partial charge in [0.15, 0.2) is 0 Å². The van der Waals surface area contributed by atoms with Crippen molar-refractivity contribution < 1.29 is 28.4 Å². The monoisotopic (exact) mass is 847 g/mol. The molecule has 0 aliphatic carbocycles. The van der Waals surface area contributed by atoms with Gasteiger partial charge in [-0.05, 0) is 133 Å². The number of hydrogen-bond acceptors (Lipinski definition) is 3. The highest BCUT2D eigenvalue weighted by Crippen LogP contribution is 2.44. The molecule has 0 saturated carbocycles. The van der Waals surface area contributed by atoms with Crippen LogP contribution in [0.25, 0.3) is 72.7 Å². The van der Waals surface area contributed by atoms with Gasteiger partial charge in [-0.3, -0.25) is 9.55 Å². The molecule has 0 unspecified atom stereocenters. The molecule has 8 aromatic rings. The van der Waals surface area contributed by atoms with E-state index in [1.54, 1.807) is 12.1 Å². The van der Waals surface area contributed by atoms with E-state index >= 15 is 0 Å². The zero-order valence-electron chi connectivity index (χ0n) is 54.2. The second-order valence-corrected chi connectivity index (χ2v) is 18.1. The van der Waals surface area contributed by atoms with Gasteiger partial charge in [-0.15, -0.1) is 0 Å². The summed E-state index contributed by atoms with van der Waals surface area (Å²) in [5, 5.41) is 12.3. The van der Waals surface area contributed by atoms with Crippen LogP contribution in [-0.4, -0.2) is 19.6 Å². The lowest BCUT2D eigenvalue weighted by atomic mass is 9.83. The third-order valence-corrected chi connectivity index (χ3v) is 11.5. The van der Waals surface area contributed by atoms with Gasteiger partial charge in [0.05, 0.1) is 31.9 Å². The molecule has 1 N–H and O–H groups in total. The number of hydrogen-bond donors (Lipinski definition) is 1. The first kappa shape index (κ1) is 27.0. The lowest BCUT2D eigenvalue weighted by Gasteiger charge is -2.22. The Morgan fingerprint density at radius 2 is 1.35 bits per heavy atom. The van der Waals surface area contributed by atoms with E-state index in [9.17, 15) is 10.6 Å². The standard InChI is InChI=1S/C59H63N3O/c1-36(2)42-32-51(38(5)6)56(63)52(33-42)57-61-55-49(19-16-20-54(55)62(57)47-25-26-48(50(35-47)37(3)4)40-17-14-13-15-18-40)43-29-44(31-46(30-43)59(10,11)12)53-34-41(27-28-60-53)39-21-23-45(24-22-39)58(7,8)9/h13-38,63H,1-12H3/i7D3,8D3,9D3,21D,22D,23D,24D,27D,28D,34D,37D. The third kappa shape index (κ3) is 8.61. The minimum atomic E-state index is -3.93. The van der Waals surface area contributed by atoms with Crippen molar-refractivity contribution in [2.45, 2.75) is 111 Å². The Hall–Kier alpha value is -6.26. The molecular weight excluding hydrogens is 767 g/mol. The van der Waals surface area contributed by atoms with Crippen molar-refractivity contribution in [2.75, 3.05) is 0 Å². The highest BCUT2D eigenvalue weighted by Gasteiger charge is 2.25. The van der Waals surface area contributed by atoms with Gasteiger partial charge in [0, 0.05) is 36.7 Å². The predicted octanol–water partition coefficient (Wildman–Crippen LogP) is 16.4. The average Bonchev–Trinajstić information content (AvgIpc) is 3.89. The number of phenols is 1. The van der Waals surface area contributed by atoms with E-state index in [-0.39, 0.29) is 28.8 Å². The summed E-state index contributed by atoms with van der Waals surface area (Å²) < 4.78 is 150. The number of para-hydroxylation sites is 1. The van der Waals surface area contributed by atoms with E-state index < -0.39 is 96.4 Å². The van der Waals surface area contributed by atoms with Gasteiger partial charge >= 0.3 is 0 Å². The van der Waals surface area contributed by atoms with Crippen molar-refractivity contribution >= 4 is 11.0 Å². The second-order valence-electron chi connectivity index (χ2n) is 18.1. The Kier molecular flexibility index (Phi) is 7.21. The molecule has 8 rings (SSSR count). The molecule has 0 radical (unpaired) electrons. The molecule has 2 aromatic heterocycles. The summed E-state index contributed by atoms with van der Waals surface area (Å²) in [6.07, 6.45) is -0.736. The van der Waals surface area contributed by atoms with E-state index in [4.69, 9.17) is 22.8 Å². The van der Waals surface area contributed by atoms with E-state index in [0.29, 0.717) is 39.2 Å². The fourth-order valence-corrected chi connectivity index (χ4v) is 7.91. The molecule has 0 aliphatic rings. The van der Waals surface area contributed by atoms with Crippen molar-refractivity contribution in [1.82, 2.24) is 14.5 Å². The molecule has 0 amide bonds. The maximum atomic E-state index is 12.3. The maximum absolute atomic E-state index is 12.3. The first-order valence-electron chi connectivity index (χ1n) is 29.7. The van der Waals surface area contributed by atoms with Crippen LogP contribution in [0.15, 0.2) is 139 Å². The number of aromatic hydroxyl groups is 1. The van der Waals surface area contributed by atoms with Crippen molar-refractivity contribution in [1.29, 1.82) is 0 Å². The summed E-state index contributed by atoms with van der Waals surface area (Å²) in [6.45, 7) is 5.99. The number of fused-ring (bicyclic) bond motifs is 1.